The van der Waals surface area contributed by atoms with Gasteiger partial charge in [0.25, 0.3) is 5.91 Å². The van der Waals surface area contributed by atoms with Crippen LogP contribution in [0.2, 0.25) is 0 Å². The summed E-state index contributed by atoms with van der Waals surface area (Å²) >= 11 is 1.12. The first-order valence-electron chi connectivity index (χ1n) is 7.17. The minimum atomic E-state index is -0.488. The summed E-state index contributed by atoms with van der Waals surface area (Å²) in [4.78, 5) is 29.8. The lowest BCUT2D eigenvalue weighted by Gasteiger charge is -2.23. The third-order valence-electron chi connectivity index (χ3n) is 2.99. The van der Waals surface area contributed by atoms with Crippen molar-refractivity contribution in [3.8, 4) is 0 Å². The third-order valence-corrected chi connectivity index (χ3v) is 3.81. The van der Waals surface area contributed by atoms with Gasteiger partial charge in [-0.2, -0.15) is 0 Å². The Kier molecular flexibility index (Phi) is 7.31. The van der Waals surface area contributed by atoms with Gasteiger partial charge in [-0.3, -0.25) is 4.79 Å². The van der Waals surface area contributed by atoms with Gasteiger partial charge in [-0.25, -0.2) is 9.78 Å². The van der Waals surface area contributed by atoms with Crippen LogP contribution in [-0.2, 0) is 4.74 Å². The predicted molar refractivity (Wildman–Crippen MR) is 82.8 cm³/mol. The van der Waals surface area contributed by atoms with E-state index < -0.39 is 5.97 Å². The summed E-state index contributed by atoms with van der Waals surface area (Å²) in [7, 11) is 0. The van der Waals surface area contributed by atoms with Crippen LogP contribution in [0.4, 0.5) is 0 Å². The van der Waals surface area contributed by atoms with Crippen LogP contribution in [-0.4, -0.2) is 54.0 Å². The fraction of sp³-hybridized carbons (Fsp3) is 0.643. The molecule has 0 fully saturated rings. The van der Waals surface area contributed by atoms with E-state index >= 15 is 0 Å². The number of carbonyl (C=O) groups excluding carboxylic acids is 2. The maximum absolute atomic E-state index is 12.1. The second kappa shape index (κ2) is 8.74. The molecule has 1 N–H and O–H groups in total. The molecular weight excluding hydrogens is 290 g/mol. The number of nitrogens with one attached hydrogen (secondary N) is 1. The van der Waals surface area contributed by atoms with Gasteiger partial charge in [-0.15, -0.1) is 11.3 Å². The van der Waals surface area contributed by atoms with E-state index in [0.717, 1.165) is 31.0 Å². The second-order valence-corrected chi connectivity index (χ2v) is 5.48. The molecular formula is C14H23N3O3S. The normalized spacial score (nSPS) is 12.2. The zero-order valence-corrected chi connectivity index (χ0v) is 13.8. The van der Waals surface area contributed by atoms with Gasteiger partial charge in [-0.1, -0.05) is 13.8 Å². The quantitative estimate of drug-likeness (QED) is 0.741. The van der Waals surface area contributed by atoms with Crippen molar-refractivity contribution in [3.63, 3.8) is 0 Å². The molecule has 0 saturated heterocycles. The highest BCUT2D eigenvalue weighted by Crippen LogP contribution is 2.11. The summed E-state index contributed by atoms with van der Waals surface area (Å²) < 4.78 is 4.85. The van der Waals surface area contributed by atoms with Crippen LogP contribution in [0.5, 0.6) is 0 Å². The summed E-state index contributed by atoms with van der Waals surface area (Å²) in [5.74, 6) is -0.751. The highest BCUT2D eigenvalue weighted by molar-refractivity contribution is 7.11. The summed E-state index contributed by atoms with van der Waals surface area (Å²) in [6.07, 6.45) is 0. The van der Waals surface area contributed by atoms with E-state index in [9.17, 15) is 9.59 Å². The largest absolute Gasteiger partial charge is 0.461 e. The molecule has 1 unspecified atom stereocenters. The average molecular weight is 313 g/mol. The van der Waals surface area contributed by atoms with Crippen molar-refractivity contribution in [1.82, 2.24) is 15.2 Å². The van der Waals surface area contributed by atoms with Gasteiger partial charge in [0.2, 0.25) is 5.01 Å². The van der Waals surface area contributed by atoms with Crippen molar-refractivity contribution in [1.29, 1.82) is 0 Å². The predicted octanol–water partition coefficient (Wildman–Crippen LogP) is 1.78. The van der Waals surface area contributed by atoms with E-state index in [4.69, 9.17) is 4.74 Å². The zero-order chi connectivity index (χ0) is 15.8. The molecule has 21 heavy (non-hydrogen) atoms. The lowest BCUT2D eigenvalue weighted by atomic mass is 10.3. The van der Waals surface area contributed by atoms with E-state index in [0.29, 0.717) is 6.61 Å². The molecule has 6 nitrogen and oxygen atoms in total. The molecule has 0 aromatic carbocycles. The molecule has 1 atom stereocenters. The lowest BCUT2D eigenvalue weighted by molar-refractivity contribution is 0.0526. The molecule has 118 valence electrons. The number of ether oxygens (including phenoxy) is 1. The van der Waals surface area contributed by atoms with Gasteiger partial charge in [-0.05, 0) is 26.9 Å². The number of rotatable bonds is 8. The summed E-state index contributed by atoms with van der Waals surface area (Å²) in [6, 6.07) is 0.0187. The van der Waals surface area contributed by atoms with Crippen LogP contribution in [0.15, 0.2) is 5.38 Å². The second-order valence-electron chi connectivity index (χ2n) is 4.62. The fourth-order valence-corrected chi connectivity index (χ4v) is 2.57. The Balaban J connectivity index is 2.57. The molecule has 0 bridgehead atoms. The van der Waals surface area contributed by atoms with E-state index in [1.807, 2.05) is 6.92 Å². The van der Waals surface area contributed by atoms with Crippen molar-refractivity contribution in [2.24, 2.45) is 0 Å². The van der Waals surface area contributed by atoms with E-state index in [1.165, 1.54) is 0 Å². The SMILES string of the molecule is CCOC(=O)c1nc(C(=O)NC(C)CN(CC)CC)cs1. The number of thiazole rings is 1. The minimum absolute atomic E-state index is 0.0187. The maximum atomic E-state index is 12.1. The number of hydrogen-bond donors (Lipinski definition) is 1. The van der Waals surface area contributed by atoms with Crippen molar-refractivity contribution >= 4 is 23.2 Å². The molecule has 0 spiro atoms. The Hall–Kier alpha value is -1.47. The number of likely N-dealkylation sites (N-methyl/N-ethyl adjacent to an activating group) is 1. The van der Waals surface area contributed by atoms with Gasteiger partial charge in [0.05, 0.1) is 6.61 Å². The van der Waals surface area contributed by atoms with E-state index in [2.05, 4.69) is 29.0 Å². The average Bonchev–Trinajstić information content (AvgIpc) is 2.95. The molecule has 0 saturated carbocycles. The summed E-state index contributed by atoms with van der Waals surface area (Å²) in [5.41, 5.74) is 0.259. The molecule has 0 aliphatic rings. The van der Waals surface area contributed by atoms with Gasteiger partial charge in [0, 0.05) is 18.0 Å². The van der Waals surface area contributed by atoms with Crippen molar-refractivity contribution in [2.75, 3.05) is 26.2 Å². The Morgan fingerprint density at radius 3 is 2.62 bits per heavy atom. The van der Waals surface area contributed by atoms with Gasteiger partial charge in [0.15, 0.2) is 0 Å². The Bertz CT molecular complexity index is 472. The molecule has 1 amide bonds. The highest BCUT2D eigenvalue weighted by atomic mass is 32.1. The van der Waals surface area contributed by atoms with Crippen LogP contribution < -0.4 is 5.32 Å². The molecule has 1 aromatic rings. The number of nitrogens with zero attached hydrogens (tertiary/aromatic N) is 2. The fourth-order valence-electron chi connectivity index (χ4n) is 1.88. The number of aromatic nitrogens is 1. The summed E-state index contributed by atoms with van der Waals surface area (Å²) in [5, 5.41) is 4.67. The number of carbonyl (C=O) groups is 2. The molecule has 0 aliphatic heterocycles. The van der Waals surface area contributed by atoms with Crippen LogP contribution in [0.3, 0.4) is 0 Å². The Labute approximate surface area is 129 Å². The first-order valence-corrected chi connectivity index (χ1v) is 8.05. The molecule has 0 radical (unpaired) electrons. The van der Waals surface area contributed by atoms with E-state index in [-0.39, 0.29) is 22.7 Å². The zero-order valence-electron chi connectivity index (χ0n) is 13.0. The number of amides is 1. The Morgan fingerprint density at radius 1 is 1.38 bits per heavy atom. The van der Waals surface area contributed by atoms with Crippen molar-refractivity contribution < 1.29 is 14.3 Å². The molecule has 1 aromatic heterocycles. The van der Waals surface area contributed by atoms with Crippen molar-refractivity contribution in [3.05, 3.63) is 16.1 Å². The first kappa shape index (κ1) is 17.6. The third kappa shape index (κ3) is 5.43. The van der Waals surface area contributed by atoms with Crippen LogP contribution in [0.25, 0.3) is 0 Å². The topological polar surface area (TPSA) is 71.5 Å². The summed E-state index contributed by atoms with van der Waals surface area (Å²) in [6.45, 7) is 10.8. The first-order chi connectivity index (χ1) is 10.0. The lowest BCUT2D eigenvalue weighted by Crippen LogP contribution is -2.42. The maximum Gasteiger partial charge on any atom is 0.367 e. The van der Waals surface area contributed by atoms with E-state index in [1.54, 1.807) is 12.3 Å². The molecule has 0 aliphatic carbocycles. The van der Waals surface area contributed by atoms with Gasteiger partial charge >= 0.3 is 5.97 Å². The van der Waals surface area contributed by atoms with Gasteiger partial charge in [0.1, 0.15) is 5.69 Å². The van der Waals surface area contributed by atoms with Gasteiger partial charge < -0.3 is 15.0 Å². The van der Waals surface area contributed by atoms with Crippen LogP contribution in [0.1, 0.15) is 48.0 Å². The smallest absolute Gasteiger partial charge is 0.367 e. The minimum Gasteiger partial charge on any atom is -0.461 e. The number of esters is 1. The molecule has 7 heteroatoms. The van der Waals surface area contributed by atoms with Crippen LogP contribution >= 0.6 is 11.3 Å². The van der Waals surface area contributed by atoms with Crippen molar-refractivity contribution in [2.45, 2.75) is 33.7 Å². The standard InChI is InChI=1S/C14H23N3O3S/c1-5-17(6-2)8-10(4)15-12(18)11-9-21-13(16-11)14(19)20-7-3/h9-10H,5-8H2,1-4H3,(H,15,18). The molecule has 1 rings (SSSR count). The monoisotopic (exact) mass is 313 g/mol. The Morgan fingerprint density at radius 2 is 2.05 bits per heavy atom. The highest BCUT2D eigenvalue weighted by Gasteiger charge is 2.18. The number of hydrogen-bond acceptors (Lipinski definition) is 6. The molecule has 1 heterocycles. The van der Waals surface area contributed by atoms with Crippen LogP contribution in [0, 0.1) is 0 Å².